The fourth-order valence-corrected chi connectivity index (χ4v) is 2.54. The van der Waals surface area contributed by atoms with Gasteiger partial charge in [-0.1, -0.05) is 40.2 Å². The van der Waals surface area contributed by atoms with Crippen molar-refractivity contribution in [3.63, 3.8) is 0 Å². The second-order valence-corrected chi connectivity index (χ2v) is 5.52. The average Bonchev–Trinajstić information content (AvgIpc) is 2.46. The Hall–Kier alpha value is -1.58. The van der Waals surface area contributed by atoms with Crippen LogP contribution in [0.15, 0.2) is 59.1 Å². The fourth-order valence-electron chi connectivity index (χ4n) is 1.97. The first-order valence-electron chi connectivity index (χ1n) is 6.14. The molecule has 0 radical (unpaired) electrons. The molecular formula is C16H11BrClNO. The SMILES string of the molecule is ClCc1cc2ccccc2nc1Oc1cccc(Br)c1. The van der Waals surface area contributed by atoms with E-state index < -0.39 is 0 Å². The maximum atomic E-state index is 6.00. The predicted octanol–water partition coefficient (Wildman–Crippen LogP) is 5.53. The third-order valence-electron chi connectivity index (χ3n) is 2.92. The molecule has 3 aromatic rings. The zero-order valence-corrected chi connectivity index (χ0v) is 12.9. The van der Waals surface area contributed by atoms with Crippen LogP contribution >= 0.6 is 27.5 Å². The van der Waals surface area contributed by atoms with Gasteiger partial charge in [-0.15, -0.1) is 11.6 Å². The van der Waals surface area contributed by atoms with Gasteiger partial charge < -0.3 is 4.74 Å². The lowest BCUT2D eigenvalue weighted by molar-refractivity contribution is 0.460. The van der Waals surface area contributed by atoms with Gasteiger partial charge in [-0.3, -0.25) is 0 Å². The molecule has 1 aromatic heterocycles. The summed E-state index contributed by atoms with van der Waals surface area (Å²) in [5.74, 6) is 1.64. The molecule has 20 heavy (non-hydrogen) atoms. The summed E-state index contributed by atoms with van der Waals surface area (Å²) in [6.07, 6.45) is 0. The van der Waals surface area contributed by atoms with E-state index in [9.17, 15) is 0 Å². The quantitative estimate of drug-likeness (QED) is 0.581. The normalized spacial score (nSPS) is 10.7. The molecule has 2 aromatic carbocycles. The van der Waals surface area contributed by atoms with Crippen molar-refractivity contribution < 1.29 is 4.74 Å². The van der Waals surface area contributed by atoms with Gasteiger partial charge in [-0.2, -0.15) is 0 Å². The van der Waals surface area contributed by atoms with Crippen LogP contribution in [-0.4, -0.2) is 4.98 Å². The molecule has 4 heteroatoms. The molecule has 0 N–H and O–H groups in total. The molecule has 0 spiro atoms. The number of aromatic nitrogens is 1. The number of benzene rings is 2. The van der Waals surface area contributed by atoms with Crippen molar-refractivity contribution in [1.82, 2.24) is 4.98 Å². The zero-order chi connectivity index (χ0) is 13.9. The van der Waals surface area contributed by atoms with E-state index in [0.29, 0.717) is 11.8 Å². The van der Waals surface area contributed by atoms with E-state index in [4.69, 9.17) is 16.3 Å². The number of para-hydroxylation sites is 1. The summed E-state index contributed by atoms with van der Waals surface area (Å²) in [5, 5.41) is 1.06. The van der Waals surface area contributed by atoms with E-state index in [1.807, 2.05) is 54.6 Å². The first kappa shape index (κ1) is 13.4. The van der Waals surface area contributed by atoms with E-state index in [1.54, 1.807) is 0 Å². The average molecular weight is 349 g/mol. The minimum atomic E-state index is 0.362. The highest BCUT2D eigenvalue weighted by Crippen LogP contribution is 2.29. The molecule has 3 rings (SSSR count). The first-order valence-corrected chi connectivity index (χ1v) is 7.47. The van der Waals surface area contributed by atoms with Crippen LogP contribution in [-0.2, 0) is 5.88 Å². The molecule has 1 heterocycles. The van der Waals surface area contributed by atoms with Gasteiger partial charge in [0.1, 0.15) is 5.75 Å². The van der Waals surface area contributed by atoms with Crippen LogP contribution in [0.5, 0.6) is 11.6 Å². The van der Waals surface area contributed by atoms with Gasteiger partial charge >= 0.3 is 0 Å². The van der Waals surface area contributed by atoms with Crippen LogP contribution in [0.3, 0.4) is 0 Å². The Kier molecular flexibility index (Phi) is 3.90. The molecule has 0 aliphatic carbocycles. The van der Waals surface area contributed by atoms with Gasteiger partial charge in [0, 0.05) is 15.4 Å². The third kappa shape index (κ3) is 2.79. The molecule has 2 nitrogen and oxygen atoms in total. The van der Waals surface area contributed by atoms with Crippen molar-refractivity contribution in [2.45, 2.75) is 5.88 Å². The predicted molar refractivity (Wildman–Crippen MR) is 85.5 cm³/mol. The molecule has 0 bridgehead atoms. The number of fused-ring (bicyclic) bond motifs is 1. The number of pyridine rings is 1. The van der Waals surface area contributed by atoms with Crippen LogP contribution in [0.4, 0.5) is 0 Å². The Morgan fingerprint density at radius 1 is 1.05 bits per heavy atom. The number of nitrogens with zero attached hydrogens (tertiary/aromatic N) is 1. The van der Waals surface area contributed by atoms with Gasteiger partial charge in [0.15, 0.2) is 0 Å². The molecule has 0 aliphatic heterocycles. The van der Waals surface area contributed by atoms with E-state index in [1.165, 1.54) is 0 Å². The molecule has 0 saturated carbocycles. The highest BCUT2D eigenvalue weighted by molar-refractivity contribution is 9.10. The summed E-state index contributed by atoms with van der Waals surface area (Å²) < 4.78 is 6.83. The number of hydrogen-bond donors (Lipinski definition) is 0. The van der Waals surface area contributed by atoms with Crippen LogP contribution in [0.25, 0.3) is 10.9 Å². The zero-order valence-electron chi connectivity index (χ0n) is 10.5. The number of alkyl halides is 1. The lowest BCUT2D eigenvalue weighted by Crippen LogP contribution is -1.94. The van der Waals surface area contributed by atoms with Gasteiger partial charge in [-0.25, -0.2) is 4.98 Å². The van der Waals surface area contributed by atoms with Crippen molar-refractivity contribution in [1.29, 1.82) is 0 Å². The minimum absolute atomic E-state index is 0.362. The van der Waals surface area contributed by atoms with E-state index in [0.717, 1.165) is 26.7 Å². The molecule has 0 unspecified atom stereocenters. The van der Waals surface area contributed by atoms with Crippen molar-refractivity contribution in [2.75, 3.05) is 0 Å². The van der Waals surface area contributed by atoms with Gasteiger partial charge in [-0.05, 0) is 30.3 Å². The number of ether oxygens (including phenoxy) is 1. The van der Waals surface area contributed by atoms with Gasteiger partial charge in [0.2, 0.25) is 5.88 Å². The second kappa shape index (κ2) is 5.81. The Labute approximate surface area is 130 Å². The second-order valence-electron chi connectivity index (χ2n) is 4.34. The van der Waals surface area contributed by atoms with Crippen LogP contribution < -0.4 is 4.74 Å². The lowest BCUT2D eigenvalue weighted by atomic mass is 10.2. The molecule has 0 saturated heterocycles. The fraction of sp³-hybridized carbons (Fsp3) is 0.0625. The highest BCUT2D eigenvalue weighted by Gasteiger charge is 2.08. The third-order valence-corrected chi connectivity index (χ3v) is 3.70. The lowest BCUT2D eigenvalue weighted by Gasteiger charge is -2.10. The molecule has 100 valence electrons. The number of hydrogen-bond acceptors (Lipinski definition) is 2. The van der Waals surface area contributed by atoms with Gasteiger partial charge in [0.25, 0.3) is 0 Å². The maximum absolute atomic E-state index is 6.00. The Morgan fingerprint density at radius 2 is 1.90 bits per heavy atom. The molecule has 0 atom stereocenters. The summed E-state index contributed by atoms with van der Waals surface area (Å²) >= 11 is 9.43. The summed E-state index contributed by atoms with van der Waals surface area (Å²) in [7, 11) is 0. The molecule has 0 aliphatic rings. The van der Waals surface area contributed by atoms with Crippen molar-refractivity contribution >= 4 is 38.4 Å². The summed E-state index contributed by atoms with van der Waals surface area (Å²) in [4.78, 5) is 4.55. The maximum Gasteiger partial charge on any atom is 0.224 e. The smallest absolute Gasteiger partial charge is 0.224 e. The molecule has 0 amide bonds. The van der Waals surface area contributed by atoms with Gasteiger partial charge in [0.05, 0.1) is 11.4 Å². The monoisotopic (exact) mass is 347 g/mol. The minimum Gasteiger partial charge on any atom is -0.439 e. The largest absolute Gasteiger partial charge is 0.439 e. The standard InChI is InChI=1S/C16H11BrClNO/c17-13-5-3-6-14(9-13)20-16-12(10-18)8-11-4-1-2-7-15(11)19-16/h1-9H,10H2. The van der Waals surface area contributed by atoms with Crippen LogP contribution in [0.1, 0.15) is 5.56 Å². The molecular weight excluding hydrogens is 338 g/mol. The van der Waals surface area contributed by atoms with Crippen LogP contribution in [0, 0.1) is 0 Å². The number of halogens is 2. The van der Waals surface area contributed by atoms with Crippen molar-refractivity contribution in [3.05, 3.63) is 64.6 Å². The van der Waals surface area contributed by atoms with Crippen molar-refractivity contribution in [2.24, 2.45) is 0 Å². The first-order chi connectivity index (χ1) is 9.76. The van der Waals surface area contributed by atoms with E-state index in [-0.39, 0.29) is 0 Å². The summed E-state index contributed by atoms with van der Waals surface area (Å²) in [6, 6.07) is 17.6. The summed E-state index contributed by atoms with van der Waals surface area (Å²) in [5.41, 5.74) is 1.77. The summed E-state index contributed by atoms with van der Waals surface area (Å²) in [6.45, 7) is 0. The Bertz CT molecular complexity index is 760. The van der Waals surface area contributed by atoms with Crippen LogP contribution in [0.2, 0.25) is 0 Å². The topological polar surface area (TPSA) is 22.1 Å². The van der Waals surface area contributed by atoms with E-state index in [2.05, 4.69) is 20.9 Å². The van der Waals surface area contributed by atoms with Crippen molar-refractivity contribution in [3.8, 4) is 11.6 Å². The molecule has 0 fully saturated rings. The Morgan fingerprint density at radius 3 is 2.70 bits per heavy atom. The Balaban J connectivity index is 2.05. The highest BCUT2D eigenvalue weighted by atomic mass is 79.9. The van der Waals surface area contributed by atoms with E-state index >= 15 is 0 Å². The number of rotatable bonds is 3.